The number of nitrogens with zero attached hydrogens (tertiary/aromatic N) is 5. The maximum Gasteiger partial charge on any atom is 2.00 e. The van der Waals surface area contributed by atoms with Gasteiger partial charge in [0.15, 0.2) is 0 Å². The van der Waals surface area contributed by atoms with Crippen LogP contribution < -0.4 is 10.6 Å². The van der Waals surface area contributed by atoms with Crippen LogP contribution in [0.3, 0.4) is 0 Å². The number of nitrogens with one attached hydrogen (secondary N) is 2. The van der Waals surface area contributed by atoms with Gasteiger partial charge < -0.3 is 35.9 Å². The minimum absolute atomic E-state index is 0. The quantitative estimate of drug-likeness (QED) is 0.0876. The molecule has 9 nitrogen and oxygen atoms in total. The molecule has 2 aromatic carbocycles. The van der Waals surface area contributed by atoms with Crippen molar-refractivity contribution in [1.29, 1.82) is 0 Å². The zero-order valence-electron chi connectivity index (χ0n) is 18.5. The number of alkyl halides is 6. The van der Waals surface area contributed by atoms with Gasteiger partial charge in [-0.25, -0.2) is 0 Å². The molecule has 2 rings (SSSR count). The molecule has 0 aliphatic heterocycles. The molecule has 38 heavy (non-hydrogen) atoms. The first-order valence-electron chi connectivity index (χ1n) is 9.82. The van der Waals surface area contributed by atoms with E-state index in [1.807, 2.05) is 10.6 Å². The maximum atomic E-state index is 12.5. The summed E-state index contributed by atoms with van der Waals surface area (Å²) in [7, 11) is 0. The molecular formula is C20H15CuF6N7O2S2. The van der Waals surface area contributed by atoms with E-state index >= 15 is 0 Å². The number of hydrogen-bond acceptors (Lipinski definition) is 8. The molecule has 0 aromatic heterocycles. The Kier molecular flexibility index (Phi) is 12.5. The standard InChI is InChI=1S/C20H17F6N7O2S2.Cu/c21-19(22,23)10-27-17(36)31-29-15(12-4-2-1-3-5-12)16(13-6-8-14(9-7-13)33(34)35)30-32-18(37)28-11-20(24,25)26;/h1-9H,10-11H2,(H2,27,31,36)(H2,28,32,37);/q;+2/p-2/b29-15+,30-16+;. The van der Waals surface area contributed by atoms with E-state index in [-0.39, 0.29) is 39.7 Å². The van der Waals surface area contributed by atoms with Crippen LogP contribution in [0.5, 0.6) is 0 Å². The van der Waals surface area contributed by atoms with Crippen LogP contribution in [0.25, 0.3) is 0 Å². The largest absolute Gasteiger partial charge is 2.00 e. The monoisotopic (exact) mass is 626 g/mol. The van der Waals surface area contributed by atoms with E-state index < -0.39 is 40.7 Å². The first-order valence-corrected chi connectivity index (χ1v) is 10.6. The number of non-ortho nitro benzene ring substituents is 1. The van der Waals surface area contributed by atoms with Crippen molar-refractivity contribution < 1.29 is 48.3 Å². The van der Waals surface area contributed by atoms with Crippen LogP contribution in [-0.4, -0.2) is 52.1 Å². The van der Waals surface area contributed by atoms with Gasteiger partial charge >= 0.3 is 29.4 Å². The molecule has 0 atom stereocenters. The van der Waals surface area contributed by atoms with Crippen molar-refractivity contribution in [2.24, 2.45) is 20.4 Å². The summed E-state index contributed by atoms with van der Waals surface area (Å²) in [6.45, 7) is -2.95. The third kappa shape index (κ3) is 11.8. The zero-order chi connectivity index (χ0) is 27.6. The zero-order valence-corrected chi connectivity index (χ0v) is 21.1. The van der Waals surface area contributed by atoms with Gasteiger partial charge in [0, 0.05) is 23.3 Å². The molecule has 0 saturated heterocycles. The number of hydrogen-bond donors (Lipinski definition) is 2. The summed E-state index contributed by atoms with van der Waals surface area (Å²) in [4.78, 5) is 10.4. The Morgan fingerprint density at radius 2 is 1.13 bits per heavy atom. The Hall–Kier alpha value is -3.34. The fraction of sp³-hybridized carbons (Fsp3) is 0.200. The molecule has 0 aliphatic carbocycles. The first kappa shape index (κ1) is 32.7. The molecule has 0 saturated carbocycles. The average molecular weight is 627 g/mol. The number of rotatable bonds is 8. The van der Waals surface area contributed by atoms with E-state index in [0.29, 0.717) is 5.56 Å². The second kappa shape index (κ2) is 14.6. The molecule has 18 heteroatoms. The van der Waals surface area contributed by atoms with Crippen LogP contribution in [0, 0.1) is 10.1 Å². The van der Waals surface area contributed by atoms with Crippen LogP contribution >= 0.6 is 0 Å². The topological polar surface area (TPSA) is 117 Å². The molecule has 0 amide bonds. The number of nitro benzene ring substituents is 1. The van der Waals surface area contributed by atoms with Crippen molar-refractivity contribution in [1.82, 2.24) is 10.6 Å². The summed E-state index contributed by atoms with van der Waals surface area (Å²) in [5.41, 5.74) is -0.0956. The van der Waals surface area contributed by atoms with Gasteiger partial charge in [-0.3, -0.25) is 10.1 Å². The molecule has 0 unspecified atom stereocenters. The van der Waals surface area contributed by atoms with Gasteiger partial charge in [-0.15, -0.1) is 10.2 Å². The number of nitro groups is 1. The van der Waals surface area contributed by atoms with Gasteiger partial charge in [0.05, 0.1) is 4.92 Å². The van der Waals surface area contributed by atoms with Gasteiger partial charge in [-0.1, -0.05) is 30.3 Å². The minimum atomic E-state index is -4.58. The number of benzene rings is 2. The molecule has 2 aromatic rings. The maximum absolute atomic E-state index is 12.5. The Bertz CT molecular complexity index is 1210. The molecular weight excluding hydrogens is 612 g/mol. The Balaban J connectivity index is 0.00000722. The van der Waals surface area contributed by atoms with E-state index in [0.717, 1.165) is 12.1 Å². The van der Waals surface area contributed by atoms with Gasteiger partial charge in [0.25, 0.3) is 5.69 Å². The normalized spacial score (nSPS) is 13.5. The summed E-state index contributed by atoms with van der Waals surface area (Å²) in [5.74, 6) is 0. The van der Waals surface area contributed by atoms with Gasteiger partial charge in [-0.05, 0) is 22.5 Å². The van der Waals surface area contributed by atoms with Crippen LogP contribution in [-0.2, 0) is 42.3 Å². The van der Waals surface area contributed by atoms with Crippen molar-refractivity contribution in [3.8, 4) is 0 Å². The van der Waals surface area contributed by atoms with Crippen LogP contribution in [0.4, 0.5) is 32.0 Å². The summed E-state index contributed by atoms with van der Waals surface area (Å²) < 4.78 is 74.8. The SMILES string of the molecule is O=[N+]([O-])c1ccc(C(=N\N=C(/[S-])NCC(F)(F)F)/C(=N/N=C(\[S-])NCC(F)(F)F)c2ccccc2)cc1.[Cu+2]. The van der Waals surface area contributed by atoms with E-state index in [1.165, 1.54) is 24.3 Å². The van der Waals surface area contributed by atoms with Crippen LogP contribution in [0.2, 0.25) is 0 Å². The summed E-state index contributed by atoms with van der Waals surface area (Å²) in [5, 5.41) is 28.4. The van der Waals surface area contributed by atoms with Gasteiger partial charge in [0.1, 0.15) is 24.5 Å². The predicted octanol–water partition coefficient (Wildman–Crippen LogP) is 3.81. The smallest absolute Gasteiger partial charge is 0.741 e. The number of amidine groups is 2. The third-order valence-electron chi connectivity index (χ3n) is 3.98. The average Bonchev–Trinajstić information content (AvgIpc) is 2.83. The number of halogens is 6. The van der Waals surface area contributed by atoms with Crippen molar-refractivity contribution in [3.05, 3.63) is 75.8 Å². The molecule has 2 N–H and O–H groups in total. The predicted molar refractivity (Wildman–Crippen MR) is 130 cm³/mol. The second-order valence-electron chi connectivity index (χ2n) is 6.81. The minimum Gasteiger partial charge on any atom is -0.741 e. The second-order valence-corrected chi connectivity index (χ2v) is 7.59. The van der Waals surface area contributed by atoms with Crippen molar-refractivity contribution in [2.75, 3.05) is 13.1 Å². The van der Waals surface area contributed by atoms with E-state index in [1.54, 1.807) is 18.2 Å². The van der Waals surface area contributed by atoms with Crippen molar-refractivity contribution in [3.63, 3.8) is 0 Å². The summed E-state index contributed by atoms with van der Waals surface area (Å²) in [6, 6.07) is 12.7. The molecule has 0 aliphatic rings. The van der Waals surface area contributed by atoms with Crippen molar-refractivity contribution in [2.45, 2.75) is 12.4 Å². The third-order valence-corrected chi connectivity index (χ3v) is 4.44. The summed E-state index contributed by atoms with van der Waals surface area (Å²) in [6.07, 6.45) is -9.16. The molecule has 1 radical (unpaired) electrons. The molecule has 0 bridgehead atoms. The van der Waals surface area contributed by atoms with E-state index in [4.69, 9.17) is 25.3 Å². The first-order chi connectivity index (χ1) is 17.2. The molecule has 0 fully saturated rings. The summed E-state index contributed by atoms with van der Waals surface area (Å²) >= 11 is 9.50. The molecule has 0 heterocycles. The van der Waals surface area contributed by atoms with Gasteiger partial charge in [0.2, 0.25) is 0 Å². The Labute approximate surface area is 233 Å². The fourth-order valence-corrected chi connectivity index (χ4v) is 2.66. The van der Waals surface area contributed by atoms with E-state index in [2.05, 4.69) is 20.4 Å². The molecule has 0 spiro atoms. The van der Waals surface area contributed by atoms with Crippen LogP contribution in [0.15, 0.2) is 75.0 Å². The van der Waals surface area contributed by atoms with Crippen LogP contribution in [0.1, 0.15) is 11.1 Å². The fourth-order valence-electron chi connectivity index (χ4n) is 2.43. The van der Waals surface area contributed by atoms with Crippen molar-refractivity contribution >= 4 is 52.7 Å². The Morgan fingerprint density at radius 1 is 0.737 bits per heavy atom. The molecule has 207 valence electrons. The van der Waals surface area contributed by atoms with Gasteiger partial charge in [-0.2, -0.15) is 36.5 Å². The van der Waals surface area contributed by atoms with E-state index in [9.17, 15) is 36.5 Å². The Morgan fingerprint density at radius 3 is 1.50 bits per heavy atom.